The molecular weight excluding hydrogens is 534 g/mol. The zero-order valence-corrected chi connectivity index (χ0v) is 24.0. The average molecular weight is 566 g/mol. The minimum atomic E-state index is -3.52. The summed E-state index contributed by atoms with van der Waals surface area (Å²) in [6.45, 7) is 3.10. The molecule has 0 aliphatic heterocycles. The Balaban J connectivity index is 1.65. The predicted octanol–water partition coefficient (Wildman–Crippen LogP) is 5.06. The number of nitrogens with zero attached hydrogens (tertiary/aromatic N) is 3. The number of H-pyrrole nitrogens is 1. The molecule has 0 saturated carbocycles. The molecule has 5 rings (SSSR count). The normalized spacial score (nSPS) is 12.2. The van der Waals surface area contributed by atoms with E-state index in [1.54, 1.807) is 17.7 Å². The van der Waals surface area contributed by atoms with Gasteiger partial charge in [0.2, 0.25) is 10.0 Å². The lowest BCUT2D eigenvalue weighted by molar-refractivity contribution is 0.413. The number of aryl methyl sites for hydroxylation is 1. The zero-order valence-electron chi connectivity index (χ0n) is 22.5. The molecule has 0 aliphatic rings. The third kappa shape index (κ3) is 5.61. The van der Waals surface area contributed by atoms with E-state index in [-0.39, 0.29) is 11.3 Å². The van der Waals surface area contributed by atoms with Crippen LogP contribution in [0.5, 0.6) is 0 Å². The van der Waals surface area contributed by atoms with Crippen LogP contribution in [0.3, 0.4) is 0 Å². The first-order valence-electron chi connectivity index (χ1n) is 12.8. The van der Waals surface area contributed by atoms with Crippen molar-refractivity contribution in [2.24, 2.45) is 7.05 Å². The van der Waals surface area contributed by atoms with Gasteiger partial charge < -0.3 is 19.0 Å². The predicted molar refractivity (Wildman–Crippen MR) is 160 cm³/mol. The van der Waals surface area contributed by atoms with E-state index in [2.05, 4.69) is 25.2 Å². The number of aromatic amines is 1. The van der Waals surface area contributed by atoms with Crippen molar-refractivity contribution in [3.05, 3.63) is 87.6 Å². The summed E-state index contributed by atoms with van der Waals surface area (Å²) in [6, 6.07) is 13.8. The molecule has 0 spiro atoms. The molecule has 0 saturated heterocycles. The maximum absolute atomic E-state index is 12.6. The monoisotopic (exact) mass is 565 g/mol. The first kappa shape index (κ1) is 27.1. The highest BCUT2D eigenvalue weighted by Crippen LogP contribution is 2.36. The molecule has 204 valence electrons. The van der Waals surface area contributed by atoms with E-state index in [9.17, 15) is 13.2 Å². The molecule has 0 amide bonds. The van der Waals surface area contributed by atoms with Crippen LogP contribution < -0.4 is 10.3 Å². The van der Waals surface area contributed by atoms with Gasteiger partial charge in [0.25, 0.3) is 5.56 Å². The van der Waals surface area contributed by atoms with Crippen LogP contribution in [0.15, 0.2) is 65.8 Å². The molecule has 0 radical (unpaired) electrons. The van der Waals surface area contributed by atoms with Crippen molar-refractivity contribution < 1.29 is 8.42 Å². The van der Waals surface area contributed by atoms with Crippen molar-refractivity contribution in [2.75, 3.05) is 31.1 Å². The molecule has 2 aromatic carbocycles. The molecule has 10 heteroatoms. The molecule has 5 aromatic rings. The van der Waals surface area contributed by atoms with Crippen LogP contribution in [-0.4, -0.2) is 53.8 Å². The quantitative estimate of drug-likeness (QED) is 0.261. The minimum Gasteiger partial charge on any atom is -0.345 e. The van der Waals surface area contributed by atoms with Gasteiger partial charge in [-0.3, -0.25) is 9.52 Å². The van der Waals surface area contributed by atoms with E-state index in [0.29, 0.717) is 22.8 Å². The smallest absolute Gasteiger partial charge is 0.272 e. The Labute approximate surface area is 232 Å². The lowest BCUT2D eigenvalue weighted by atomic mass is 10.0. The number of anilines is 1. The largest absolute Gasteiger partial charge is 0.345 e. The number of nitrogens with one attached hydrogen (secondary N) is 2. The molecule has 39 heavy (non-hydrogen) atoms. The standard InChI is InChI=1S/C29H32ClN5O3S/c1-5-39(37,38)32-26-15-21(25-18-34(4)28-23(25)6-9-31-29(28)36)16-27-24(26)8-11-35(27)17-20-12-19(7-10-33(2)3)13-22(30)14-20/h6,8-9,11-16,18,32H,5,7,10,17H2,1-4H3,(H,31,36). The second-order valence-electron chi connectivity index (χ2n) is 10.1. The van der Waals surface area contributed by atoms with Gasteiger partial charge in [0.15, 0.2) is 0 Å². The Morgan fingerprint density at radius 2 is 1.82 bits per heavy atom. The van der Waals surface area contributed by atoms with Crippen LogP contribution in [0.2, 0.25) is 5.02 Å². The molecule has 3 heterocycles. The molecule has 0 atom stereocenters. The number of halogens is 1. The van der Waals surface area contributed by atoms with Gasteiger partial charge >= 0.3 is 0 Å². The number of aromatic nitrogens is 3. The highest BCUT2D eigenvalue weighted by molar-refractivity contribution is 7.92. The minimum absolute atomic E-state index is 0.0404. The van der Waals surface area contributed by atoms with E-state index in [4.69, 9.17) is 11.6 Å². The maximum Gasteiger partial charge on any atom is 0.272 e. The van der Waals surface area contributed by atoms with Crippen LogP contribution in [0, 0.1) is 0 Å². The van der Waals surface area contributed by atoms with Crippen molar-refractivity contribution in [3.8, 4) is 11.1 Å². The van der Waals surface area contributed by atoms with Crippen molar-refractivity contribution in [2.45, 2.75) is 19.9 Å². The Hall–Kier alpha value is -3.53. The summed E-state index contributed by atoms with van der Waals surface area (Å²) in [5, 5.41) is 2.28. The van der Waals surface area contributed by atoms with Crippen molar-refractivity contribution in [1.29, 1.82) is 0 Å². The number of likely N-dealkylation sites (N-methyl/N-ethyl adjacent to an activating group) is 1. The average Bonchev–Trinajstić information content (AvgIpc) is 3.44. The van der Waals surface area contributed by atoms with Crippen LogP contribution >= 0.6 is 11.6 Å². The zero-order chi connectivity index (χ0) is 27.9. The summed E-state index contributed by atoms with van der Waals surface area (Å²) >= 11 is 6.48. The van der Waals surface area contributed by atoms with Gasteiger partial charge in [-0.25, -0.2) is 8.42 Å². The lowest BCUT2D eigenvalue weighted by Gasteiger charge is -2.14. The van der Waals surface area contributed by atoms with Gasteiger partial charge in [0.1, 0.15) is 5.52 Å². The first-order valence-corrected chi connectivity index (χ1v) is 14.8. The summed E-state index contributed by atoms with van der Waals surface area (Å²) in [4.78, 5) is 17.4. The number of rotatable bonds is 9. The Bertz CT molecular complexity index is 1850. The Morgan fingerprint density at radius 3 is 2.56 bits per heavy atom. The van der Waals surface area contributed by atoms with Crippen molar-refractivity contribution in [3.63, 3.8) is 0 Å². The number of sulfonamides is 1. The topological polar surface area (TPSA) is 92.1 Å². The van der Waals surface area contributed by atoms with Gasteiger partial charge in [-0.15, -0.1) is 0 Å². The molecule has 3 aromatic heterocycles. The lowest BCUT2D eigenvalue weighted by Crippen LogP contribution is -2.15. The van der Waals surface area contributed by atoms with E-state index in [1.807, 2.05) is 69.9 Å². The van der Waals surface area contributed by atoms with Crippen LogP contribution in [-0.2, 0) is 30.0 Å². The van der Waals surface area contributed by atoms with E-state index >= 15 is 0 Å². The molecule has 8 nitrogen and oxygen atoms in total. The van der Waals surface area contributed by atoms with Crippen LogP contribution in [0.1, 0.15) is 18.1 Å². The van der Waals surface area contributed by atoms with E-state index in [1.165, 1.54) is 5.56 Å². The van der Waals surface area contributed by atoms with Gasteiger partial charge in [-0.2, -0.15) is 0 Å². The third-order valence-electron chi connectivity index (χ3n) is 6.96. The molecular formula is C29H32ClN5O3S. The number of benzene rings is 2. The molecule has 0 fully saturated rings. The fraction of sp³-hybridized carbons (Fsp3) is 0.276. The van der Waals surface area contributed by atoms with Crippen LogP contribution in [0.25, 0.3) is 32.9 Å². The Morgan fingerprint density at radius 1 is 1.05 bits per heavy atom. The SMILES string of the molecule is CCS(=O)(=O)Nc1cc(-c2cn(C)c3c(=O)[nH]ccc23)cc2c1ccn2Cc1cc(Cl)cc(CCN(C)C)c1. The number of fused-ring (bicyclic) bond motifs is 2. The van der Waals surface area contributed by atoms with Gasteiger partial charge in [0, 0.05) is 60.1 Å². The number of hydrogen-bond donors (Lipinski definition) is 2. The second-order valence-corrected chi connectivity index (χ2v) is 12.6. The summed E-state index contributed by atoms with van der Waals surface area (Å²) < 4.78 is 31.9. The first-order chi connectivity index (χ1) is 18.5. The van der Waals surface area contributed by atoms with E-state index in [0.717, 1.165) is 45.9 Å². The molecule has 2 N–H and O–H groups in total. The molecule has 0 aliphatic carbocycles. The highest BCUT2D eigenvalue weighted by atomic mass is 35.5. The second kappa shape index (κ2) is 10.6. The molecule has 0 bridgehead atoms. The number of pyridine rings is 1. The Kier molecular flexibility index (Phi) is 7.33. The fourth-order valence-corrected chi connectivity index (χ4v) is 5.94. The van der Waals surface area contributed by atoms with Gasteiger partial charge in [-0.1, -0.05) is 17.7 Å². The van der Waals surface area contributed by atoms with Crippen molar-refractivity contribution >= 4 is 49.1 Å². The molecule has 0 unspecified atom stereocenters. The summed E-state index contributed by atoms with van der Waals surface area (Å²) in [5.74, 6) is -0.0404. The van der Waals surface area contributed by atoms with Gasteiger partial charge in [0.05, 0.1) is 17.0 Å². The highest BCUT2D eigenvalue weighted by Gasteiger charge is 2.18. The summed E-state index contributed by atoms with van der Waals surface area (Å²) in [7, 11) is 2.40. The number of hydrogen-bond acceptors (Lipinski definition) is 4. The van der Waals surface area contributed by atoms with Crippen molar-refractivity contribution in [1.82, 2.24) is 19.0 Å². The third-order valence-corrected chi connectivity index (χ3v) is 8.47. The van der Waals surface area contributed by atoms with Gasteiger partial charge in [-0.05, 0) is 80.5 Å². The fourth-order valence-electron chi connectivity index (χ4n) is 5.01. The van der Waals surface area contributed by atoms with E-state index < -0.39 is 10.0 Å². The summed E-state index contributed by atoms with van der Waals surface area (Å²) in [6.07, 6.45) is 6.39. The van der Waals surface area contributed by atoms with Crippen LogP contribution in [0.4, 0.5) is 5.69 Å². The maximum atomic E-state index is 12.6. The summed E-state index contributed by atoms with van der Waals surface area (Å²) in [5.41, 5.74) is 5.64.